The van der Waals surface area contributed by atoms with Gasteiger partial charge < -0.3 is 9.53 Å². The molecule has 12 heavy (non-hydrogen) atoms. The molecular weight excluding hydrogens is 152 g/mol. The predicted octanol–water partition coefficient (Wildman–Crippen LogP) is 2.17. The third kappa shape index (κ3) is 2.94. The number of ether oxygens (including phenoxy) is 1. The lowest BCUT2D eigenvalue weighted by atomic mass is 9.89. The van der Waals surface area contributed by atoms with Crippen molar-refractivity contribution in [2.24, 2.45) is 5.92 Å². The standard InChI is InChI=1S/C10H18O2/c1-8-6-10(4-3-5-11)7-9(2)12-8/h5,8-10H,3-4,6-7H2,1-2H3/t8-,9+,10?. The molecule has 1 saturated heterocycles. The molecule has 0 N–H and O–H groups in total. The van der Waals surface area contributed by atoms with Crippen LogP contribution in [0.15, 0.2) is 0 Å². The first-order chi connectivity index (χ1) is 5.72. The molecule has 70 valence electrons. The van der Waals surface area contributed by atoms with Crippen LogP contribution < -0.4 is 0 Å². The van der Waals surface area contributed by atoms with Gasteiger partial charge in [-0.3, -0.25) is 0 Å². The van der Waals surface area contributed by atoms with Crippen molar-refractivity contribution in [3.8, 4) is 0 Å². The Morgan fingerprint density at radius 1 is 1.33 bits per heavy atom. The van der Waals surface area contributed by atoms with E-state index in [1.165, 1.54) is 0 Å². The SMILES string of the molecule is C[C@@H]1CC(CCC=O)C[C@H](C)O1. The van der Waals surface area contributed by atoms with Crippen LogP contribution in [0.3, 0.4) is 0 Å². The van der Waals surface area contributed by atoms with Gasteiger partial charge in [0.25, 0.3) is 0 Å². The fourth-order valence-electron chi connectivity index (χ4n) is 2.08. The molecule has 1 fully saturated rings. The van der Waals surface area contributed by atoms with E-state index >= 15 is 0 Å². The molecule has 2 nitrogen and oxygen atoms in total. The van der Waals surface area contributed by atoms with E-state index in [4.69, 9.17) is 4.74 Å². The molecule has 0 amide bonds. The summed E-state index contributed by atoms with van der Waals surface area (Å²) in [4.78, 5) is 10.2. The molecule has 2 heteroatoms. The summed E-state index contributed by atoms with van der Waals surface area (Å²) >= 11 is 0. The molecule has 0 radical (unpaired) electrons. The zero-order chi connectivity index (χ0) is 8.97. The number of carbonyl (C=O) groups is 1. The molecule has 0 spiro atoms. The maximum atomic E-state index is 10.2. The first-order valence-corrected chi connectivity index (χ1v) is 4.81. The molecule has 0 aromatic rings. The van der Waals surface area contributed by atoms with Gasteiger partial charge in [-0.2, -0.15) is 0 Å². The van der Waals surface area contributed by atoms with Crippen LogP contribution >= 0.6 is 0 Å². The largest absolute Gasteiger partial charge is 0.376 e. The van der Waals surface area contributed by atoms with Crippen LogP contribution in [0.1, 0.15) is 39.5 Å². The highest BCUT2D eigenvalue weighted by atomic mass is 16.5. The lowest BCUT2D eigenvalue weighted by molar-refractivity contribution is -0.108. The van der Waals surface area contributed by atoms with Gasteiger partial charge in [-0.25, -0.2) is 0 Å². The van der Waals surface area contributed by atoms with Gasteiger partial charge >= 0.3 is 0 Å². The highest BCUT2D eigenvalue weighted by Crippen LogP contribution is 2.27. The van der Waals surface area contributed by atoms with Crippen LogP contribution in [0.5, 0.6) is 0 Å². The van der Waals surface area contributed by atoms with E-state index in [1.54, 1.807) is 0 Å². The molecule has 1 heterocycles. The summed E-state index contributed by atoms with van der Waals surface area (Å²) in [5, 5.41) is 0. The van der Waals surface area contributed by atoms with E-state index in [1.807, 2.05) is 0 Å². The summed E-state index contributed by atoms with van der Waals surface area (Å²) in [5.41, 5.74) is 0. The van der Waals surface area contributed by atoms with Gasteiger partial charge in [0, 0.05) is 6.42 Å². The van der Waals surface area contributed by atoms with Crippen molar-refractivity contribution < 1.29 is 9.53 Å². The molecular formula is C10H18O2. The second-order valence-corrected chi connectivity index (χ2v) is 3.84. The quantitative estimate of drug-likeness (QED) is 0.607. The average Bonchev–Trinajstić information content (AvgIpc) is 1.99. The zero-order valence-electron chi connectivity index (χ0n) is 7.95. The van der Waals surface area contributed by atoms with Crippen LogP contribution in [0.25, 0.3) is 0 Å². The van der Waals surface area contributed by atoms with Crippen LogP contribution in [0.4, 0.5) is 0 Å². The van der Waals surface area contributed by atoms with Crippen molar-refractivity contribution in [3.63, 3.8) is 0 Å². The summed E-state index contributed by atoms with van der Waals surface area (Å²) in [5.74, 6) is 0.703. The Kier molecular flexibility index (Phi) is 3.73. The Hall–Kier alpha value is -0.370. The number of carbonyl (C=O) groups excluding carboxylic acids is 1. The maximum absolute atomic E-state index is 10.2. The second kappa shape index (κ2) is 4.61. The summed E-state index contributed by atoms with van der Waals surface area (Å²) < 4.78 is 5.61. The Bertz CT molecular complexity index is 135. The third-order valence-electron chi connectivity index (χ3n) is 2.49. The smallest absolute Gasteiger partial charge is 0.120 e. The van der Waals surface area contributed by atoms with Crippen molar-refractivity contribution in [2.75, 3.05) is 0 Å². The van der Waals surface area contributed by atoms with E-state index in [9.17, 15) is 4.79 Å². The second-order valence-electron chi connectivity index (χ2n) is 3.84. The normalized spacial score (nSPS) is 36.3. The Morgan fingerprint density at radius 2 is 1.92 bits per heavy atom. The lowest BCUT2D eigenvalue weighted by Gasteiger charge is -2.31. The molecule has 1 aliphatic rings. The van der Waals surface area contributed by atoms with Gasteiger partial charge in [-0.15, -0.1) is 0 Å². The first-order valence-electron chi connectivity index (χ1n) is 4.81. The van der Waals surface area contributed by atoms with E-state index in [0.717, 1.165) is 25.5 Å². The minimum absolute atomic E-state index is 0.380. The van der Waals surface area contributed by atoms with Gasteiger partial charge in [0.2, 0.25) is 0 Å². The van der Waals surface area contributed by atoms with Crippen LogP contribution in [-0.2, 0) is 9.53 Å². The minimum atomic E-state index is 0.380. The fraction of sp³-hybridized carbons (Fsp3) is 0.900. The Morgan fingerprint density at radius 3 is 2.42 bits per heavy atom. The zero-order valence-corrected chi connectivity index (χ0v) is 7.95. The van der Waals surface area contributed by atoms with E-state index in [0.29, 0.717) is 24.5 Å². The van der Waals surface area contributed by atoms with Crippen LogP contribution in [0.2, 0.25) is 0 Å². The minimum Gasteiger partial charge on any atom is -0.376 e. The average molecular weight is 170 g/mol. The summed E-state index contributed by atoms with van der Waals surface area (Å²) in [6, 6.07) is 0. The monoisotopic (exact) mass is 170 g/mol. The van der Waals surface area contributed by atoms with Gasteiger partial charge in [0.15, 0.2) is 0 Å². The molecule has 0 aromatic heterocycles. The van der Waals surface area contributed by atoms with Crippen molar-refractivity contribution in [1.82, 2.24) is 0 Å². The third-order valence-corrected chi connectivity index (χ3v) is 2.49. The predicted molar refractivity (Wildman–Crippen MR) is 48.0 cm³/mol. The van der Waals surface area contributed by atoms with Crippen LogP contribution in [0, 0.1) is 5.92 Å². The van der Waals surface area contributed by atoms with E-state index < -0.39 is 0 Å². The van der Waals surface area contributed by atoms with E-state index in [2.05, 4.69) is 13.8 Å². The molecule has 0 aliphatic carbocycles. The summed E-state index contributed by atoms with van der Waals surface area (Å²) in [6.07, 6.45) is 5.78. The number of rotatable bonds is 3. The molecule has 0 aromatic carbocycles. The first kappa shape index (κ1) is 9.72. The highest BCUT2D eigenvalue weighted by molar-refractivity contribution is 5.49. The molecule has 0 bridgehead atoms. The number of hydrogen-bond acceptors (Lipinski definition) is 2. The maximum Gasteiger partial charge on any atom is 0.120 e. The number of hydrogen-bond donors (Lipinski definition) is 0. The Labute approximate surface area is 74.3 Å². The molecule has 1 rings (SSSR count). The van der Waals surface area contributed by atoms with Crippen molar-refractivity contribution in [3.05, 3.63) is 0 Å². The van der Waals surface area contributed by atoms with Crippen molar-refractivity contribution in [2.45, 2.75) is 51.7 Å². The van der Waals surface area contributed by atoms with Gasteiger partial charge in [0.1, 0.15) is 6.29 Å². The molecule has 1 unspecified atom stereocenters. The fourth-order valence-corrected chi connectivity index (χ4v) is 2.08. The summed E-state index contributed by atoms with van der Waals surface area (Å²) in [6.45, 7) is 4.23. The van der Waals surface area contributed by atoms with E-state index in [-0.39, 0.29) is 0 Å². The molecule has 0 saturated carbocycles. The number of aldehydes is 1. The molecule has 3 atom stereocenters. The summed E-state index contributed by atoms with van der Waals surface area (Å²) in [7, 11) is 0. The van der Waals surface area contributed by atoms with Gasteiger partial charge in [-0.05, 0) is 39.0 Å². The van der Waals surface area contributed by atoms with Crippen LogP contribution in [-0.4, -0.2) is 18.5 Å². The highest BCUT2D eigenvalue weighted by Gasteiger charge is 2.23. The van der Waals surface area contributed by atoms with Gasteiger partial charge in [-0.1, -0.05) is 0 Å². The molecule has 1 aliphatic heterocycles. The lowest BCUT2D eigenvalue weighted by Crippen LogP contribution is -2.29. The van der Waals surface area contributed by atoms with Crippen molar-refractivity contribution in [1.29, 1.82) is 0 Å². The van der Waals surface area contributed by atoms with Gasteiger partial charge in [0.05, 0.1) is 12.2 Å². The Balaban J connectivity index is 2.28. The topological polar surface area (TPSA) is 26.3 Å². The van der Waals surface area contributed by atoms with Crippen molar-refractivity contribution >= 4 is 6.29 Å².